The minimum atomic E-state index is -0.483. The second-order valence-electron chi connectivity index (χ2n) is 5.01. The lowest BCUT2D eigenvalue weighted by Crippen LogP contribution is -2.10. The van der Waals surface area contributed by atoms with E-state index >= 15 is 0 Å². The molecule has 0 radical (unpaired) electrons. The topological polar surface area (TPSA) is 35.8 Å². The van der Waals surface area contributed by atoms with E-state index in [4.69, 9.17) is 5.26 Å². The van der Waals surface area contributed by atoms with Crippen molar-refractivity contribution in [3.8, 4) is 6.07 Å². The molecule has 0 aliphatic carbocycles. The van der Waals surface area contributed by atoms with Gasteiger partial charge in [0.15, 0.2) is 0 Å². The van der Waals surface area contributed by atoms with E-state index in [0.717, 1.165) is 18.5 Å². The van der Waals surface area contributed by atoms with Gasteiger partial charge in [-0.3, -0.25) is 0 Å². The van der Waals surface area contributed by atoms with E-state index in [1.165, 1.54) is 17.2 Å². The highest BCUT2D eigenvalue weighted by Gasteiger charge is 2.10. The summed E-state index contributed by atoms with van der Waals surface area (Å²) >= 11 is 0. The van der Waals surface area contributed by atoms with E-state index in [1.807, 2.05) is 6.07 Å². The number of nitrogens with zero attached hydrogens (tertiary/aromatic N) is 1. The molecule has 0 aliphatic rings. The molecule has 0 amide bonds. The molecule has 0 spiro atoms. The summed E-state index contributed by atoms with van der Waals surface area (Å²) in [6.07, 6.45) is 1.93. The van der Waals surface area contributed by atoms with Crippen molar-refractivity contribution in [2.24, 2.45) is 0 Å². The highest BCUT2D eigenvalue weighted by Crippen LogP contribution is 2.24. The summed E-state index contributed by atoms with van der Waals surface area (Å²) < 4.78 is 13.3. The molecule has 2 aromatic carbocycles. The first-order valence-corrected chi connectivity index (χ1v) is 7.23. The van der Waals surface area contributed by atoms with E-state index in [1.54, 1.807) is 12.1 Å². The predicted molar refractivity (Wildman–Crippen MR) is 83.6 cm³/mol. The minimum absolute atomic E-state index is 0.0659. The molecular weight excluding hydrogens is 263 g/mol. The van der Waals surface area contributed by atoms with Gasteiger partial charge in [0.05, 0.1) is 11.6 Å². The lowest BCUT2D eigenvalue weighted by molar-refractivity contribution is 0.624. The zero-order valence-electron chi connectivity index (χ0n) is 12.4. The van der Waals surface area contributed by atoms with Crippen molar-refractivity contribution in [1.29, 1.82) is 5.26 Å². The van der Waals surface area contributed by atoms with Crippen molar-refractivity contribution in [1.82, 2.24) is 0 Å². The molecule has 0 bridgehead atoms. The van der Waals surface area contributed by atoms with Crippen LogP contribution in [0.1, 0.15) is 43.0 Å². The Morgan fingerprint density at radius 2 is 1.86 bits per heavy atom. The van der Waals surface area contributed by atoms with E-state index in [-0.39, 0.29) is 11.6 Å². The molecule has 108 valence electrons. The van der Waals surface area contributed by atoms with Crippen LogP contribution >= 0.6 is 0 Å². The first-order chi connectivity index (χ1) is 10.2. The van der Waals surface area contributed by atoms with Crippen LogP contribution in [0.5, 0.6) is 0 Å². The molecule has 0 saturated carbocycles. The standard InChI is InChI=1S/C18H19FN2/c1-3-13-5-7-14(8-6-13)18(4-2)21-16-9-10-17(19)15(11-16)12-20/h5-11,18,21H,3-4H2,1-2H3. The summed E-state index contributed by atoms with van der Waals surface area (Å²) in [5.41, 5.74) is 3.33. The number of rotatable bonds is 5. The van der Waals surface area contributed by atoms with Crippen molar-refractivity contribution < 1.29 is 4.39 Å². The van der Waals surface area contributed by atoms with E-state index < -0.39 is 5.82 Å². The van der Waals surface area contributed by atoms with Crippen LogP contribution in [0.2, 0.25) is 0 Å². The average Bonchev–Trinajstić information content (AvgIpc) is 2.54. The number of halogens is 1. The molecule has 1 atom stereocenters. The first-order valence-electron chi connectivity index (χ1n) is 7.23. The minimum Gasteiger partial charge on any atom is -0.378 e. The van der Waals surface area contributed by atoms with Crippen LogP contribution in [-0.2, 0) is 6.42 Å². The highest BCUT2D eigenvalue weighted by molar-refractivity contribution is 5.51. The maximum absolute atomic E-state index is 13.3. The van der Waals surface area contributed by atoms with Crippen molar-refractivity contribution in [2.45, 2.75) is 32.7 Å². The Labute approximate surface area is 125 Å². The van der Waals surface area contributed by atoms with Gasteiger partial charge in [-0.05, 0) is 42.2 Å². The second-order valence-corrected chi connectivity index (χ2v) is 5.01. The molecule has 3 heteroatoms. The Balaban J connectivity index is 2.20. The third-order valence-electron chi connectivity index (χ3n) is 3.63. The van der Waals surface area contributed by atoms with Gasteiger partial charge in [0.1, 0.15) is 11.9 Å². The number of hydrogen-bond acceptors (Lipinski definition) is 2. The van der Waals surface area contributed by atoms with Gasteiger partial charge in [-0.1, -0.05) is 38.1 Å². The quantitative estimate of drug-likeness (QED) is 0.853. The van der Waals surface area contributed by atoms with E-state index in [9.17, 15) is 4.39 Å². The molecule has 1 N–H and O–H groups in total. The largest absolute Gasteiger partial charge is 0.378 e. The SMILES string of the molecule is CCc1ccc(C(CC)Nc2ccc(F)c(C#N)c2)cc1. The third kappa shape index (κ3) is 3.61. The van der Waals surface area contributed by atoms with Gasteiger partial charge >= 0.3 is 0 Å². The van der Waals surface area contributed by atoms with Crippen LogP contribution in [0.25, 0.3) is 0 Å². The lowest BCUT2D eigenvalue weighted by atomic mass is 10.0. The number of nitrogens with one attached hydrogen (secondary N) is 1. The Hall–Kier alpha value is -2.34. The molecule has 2 rings (SSSR count). The molecular formula is C18H19FN2. The monoisotopic (exact) mass is 282 g/mol. The van der Waals surface area contributed by atoms with Gasteiger partial charge in [-0.15, -0.1) is 0 Å². The number of benzene rings is 2. The van der Waals surface area contributed by atoms with Crippen LogP contribution in [-0.4, -0.2) is 0 Å². The number of hydrogen-bond donors (Lipinski definition) is 1. The molecule has 2 aromatic rings. The van der Waals surface area contributed by atoms with Crippen LogP contribution < -0.4 is 5.32 Å². The van der Waals surface area contributed by atoms with Gasteiger partial charge in [-0.25, -0.2) is 4.39 Å². The Bertz CT molecular complexity index is 641. The summed E-state index contributed by atoms with van der Waals surface area (Å²) in [5.74, 6) is -0.483. The second kappa shape index (κ2) is 6.90. The molecule has 2 nitrogen and oxygen atoms in total. The van der Waals surface area contributed by atoms with Crippen LogP contribution in [0, 0.1) is 17.1 Å². The number of aryl methyl sites for hydroxylation is 1. The average molecular weight is 282 g/mol. The van der Waals surface area contributed by atoms with Gasteiger partial charge < -0.3 is 5.32 Å². The predicted octanol–water partition coefficient (Wildman–Crippen LogP) is 4.82. The van der Waals surface area contributed by atoms with E-state index in [0.29, 0.717) is 0 Å². The van der Waals surface area contributed by atoms with Crippen LogP contribution in [0.3, 0.4) is 0 Å². The van der Waals surface area contributed by atoms with Crippen LogP contribution in [0.4, 0.5) is 10.1 Å². The molecule has 0 heterocycles. The summed E-state index contributed by atoms with van der Waals surface area (Å²) in [7, 11) is 0. The summed E-state index contributed by atoms with van der Waals surface area (Å²) in [4.78, 5) is 0. The van der Waals surface area contributed by atoms with Crippen molar-refractivity contribution in [3.05, 3.63) is 65.0 Å². The maximum Gasteiger partial charge on any atom is 0.141 e. The third-order valence-corrected chi connectivity index (χ3v) is 3.63. The summed E-state index contributed by atoms with van der Waals surface area (Å²) in [6, 6.07) is 15.1. The fourth-order valence-corrected chi connectivity index (χ4v) is 2.31. The van der Waals surface area contributed by atoms with E-state index in [2.05, 4.69) is 43.4 Å². The van der Waals surface area contributed by atoms with Crippen molar-refractivity contribution in [2.75, 3.05) is 5.32 Å². The zero-order valence-corrected chi connectivity index (χ0v) is 12.4. The fourth-order valence-electron chi connectivity index (χ4n) is 2.31. The van der Waals surface area contributed by atoms with Crippen molar-refractivity contribution >= 4 is 5.69 Å². The molecule has 0 fully saturated rings. The summed E-state index contributed by atoms with van der Waals surface area (Å²) in [5, 5.41) is 12.3. The Morgan fingerprint density at radius 1 is 1.14 bits per heavy atom. The molecule has 21 heavy (non-hydrogen) atoms. The number of anilines is 1. The van der Waals surface area contributed by atoms with Crippen LogP contribution in [0.15, 0.2) is 42.5 Å². The Morgan fingerprint density at radius 3 is 2.43 bits per heavy atom. The van der Waals surface area contributed by atoms with Gasteiger partial charge in [0.2, 0.25) is 0 Å². The molecule has 0 saturated heterocycles. The highest BCUT2D eigenvalue weighted by atomic mass is 19.1. The molecule has 1 unspecified atom stereocenters. The normalized spacial score (nSPS) is 11.7. The molecule has 0 aromatic heterocycles. The van der Waals surface area contributed by atoms with Crippen molar-refractivity contribution in [3.63, 3.8) is 0 Å². The van der Waals surface area contributed by atoms with Gasteiger partial charge in [0, 0.05) is 5.69 Å². The van der Waals surface area contributed by atoms with Gasteiger partial charge in [0.25, 0.3) is 0 Å². The molecule has 0 aliphatic heterocycles. The zero-order chi connectivity index (χ0) is 15.2. The summed E-state index contributed by atoms with van der Waals surface area (Å²) in [6.45, 7) is 4.23. The first kappa shape index (κ1) is 15.1. The fraction of sp³-hybridized carbons (Fsp3) is 0.278. The maximum atomic E-state index is 13.3. The Kier molecular flexibility index (Phi) is 4.94. The van der Waals surface area contributed by atoms with Gasteiger partial charge in [-0.2, -0.15) is 5.26 Å². The lowest BCUT2D eigenvalue weighted by Gasteiger charge is -2.19. The number of nitriles is 1. The smallest absolute Gasteiger partial charge is 0.141 e.